The summed E-state index contributed by atoms with van der Waals surface area (Å²) in [5, 5.41) is 6.32. The van der Waals surface area contributed by atoms with Crippen molar-refractivity contribution in [1.29, 1.82) is 0 Å². The van der Waals surface area contributed by atoms with Gasteiger partial charge in [-0.05, 0) is 45.1 Å². The number of fused-ring (bicyclic) bond motifs is 4. The van der Waals surface area contributed by atoms with Crippen LogP contribution in [0.25, 0.3) is 32.3 Å². The van der Waals surface area contributed by atoms with Crippen molar-refractivity contribution in [2.45, 2.75) is 0 Å². The van der Waals surface area contributed by atoms with Crippen LogP contribution in [0, 0.1) is 5.82 Å². The summed E-state index contributed by atoms with van der Waals surface area (Å²) in [4.78, 5) is 0. The normalized spacial score (nSPS) is 11.4. The molecule has 4 aromatic carbocycles. The Morgan fingerprint density at radius 2 is 1.21 bits per heavy atom. The molecule has 0 aliphatic rings. The Labute approximate surface area is 110 Å². The van der Waals surface area contributed by atoms with E-state index in [0.717, 1.165) is 10.8 Å². The highest BCUT2D eigenvalue weighted by Crippen LogP contribution is 2.30. The van der Waals surface area contributed by atoms with Crippen LogP contribution in [-0.4, -0.2) is 0 Å². The molecule has 0 saturated heterocycles. The minimum Gasteiger partial charge on any atom is -0.206 e. The fourth-order valence-electron chi connectivity index (χ4n) is 2.74. The van der Waals surface area contributed by atoms with Gasteiger partial charge in [-0.15, -0.1) is 0 Å². The van der Waals surface area contributed by atoms with E-state index >= 15 is 0 Å². The molecule has 0 fully saturated rings. The molecule has 19 heavy (non-hydrogen) atoms. The molecule has 0 bridgehead atoms. The summed E-state index contributed by atoms with van der Waals surface area (Å²) in [6.45, 7) is 0. The van der Waals surface area contributed by atoms with Gasteiger partial charge in [-0.2, -0.15) is 0 Å². The third-order valence-corrected chi connectivity index (χ3v) is 3.69. The molecule has 0 atom stereocenters. The summed E-state index contributed by atoms with van der Waals surface area (Å²) in [5.74, 6) is -0.160. The van der Waals surface area contributed by atoms with Crippen LogP contribution >= 0.6 is 0 Å². The molecule has 0 N–H and O–H groups in total. The van der Waals surface area contributed by atoms with Gasteiger partial charge in [0.1, 0.15) is 5.82 Å². The van der Waals surface area contributed by atoms with Crippen LogP contribution in [0.4, 0.5) is 4.39 Å². The molecule has 0 spiro atoms. The molecular formula is C18H11F. The van der Waals surface area contributed by atoms with Crippen molar-refractivity contribution in [2.24, 2.45) is 0 Å². The predicted molar refractivity (Wildman–Crippen MR) is 78.9 cm³/mol. The van der Waals surface area contributed by atoms with Crippen LogP contribution in [0.15, 0.2) is 66.7 Å². The minimum atomic E-state index is -0.160. The Bertz CT molecular complexity index is 922. The van der Waals surface area contributed by atoms with Gasteiger partial charge >= 0.3 is 0 Å². The molecule has 4 rings (SSSR count). The Morgan fingerprint density at radius 3 is 2.16 bits per heavy atom. The maximum absolute atomic E-state index is 13.8. The second-order valence-corrected chi connectivity index (χ2v) is 4.82. The Kier molecular flexibility index (Phi) is 2.10. The molecular weight excluding hydrogens is 235 g/mol. The van der Waals surface area contributed by atoms with Gasteiger partial charge in [-0.25, -0.2) is 4.39 Å². The maximum Gasteiger partial charge on any atom is 0.131 e. The van der Waals surface area contributed by atoms with Gasteiger partial charge in [0.05, 0.1) is 0 Å². The van der Waals surface area contributed by atoms with E-state index in [1.165, 1.54) is 22.2 Å². The average molecular weight is 246 g/mol. The van der Waals surface area contributed by atoms with Gasteiger partial charge in [-0.3, -0.25) is 0 Å². The van der Waals surface area contributed by atoms with Crippen molar-refractivity contribution in [3.05, 3.63) is 72.5 Å². The molecule has 0 unspecified atom stereocenters. The maximum atomic E-state index is 13.8. The average Bonchev–Trinajstić information content (AvgIpc) is 2.46. The summed E-state index contributed by atoms with van der Waals surface area (Å²) >= 11 is 0. The fourth-order valence-corrected chi connectivity index (χ4v) is 2.74. The molecule has 1 heteroatoms. The third kappa shape index (κ3) is 1.52. The zero-order chi connectivity index (χ0) is 12.8. The molecule has 0 aliphatic heterocycles. The van der Waals surface area contributed by atoms with E-state index in [-0.39, 0.29) is 5.82 Å². The summed E-state index contributed by atoms with van der Waals surface area (Å²) in [6, 6.07) is 21.7. The van der Waals surface area contributed by atoms with E-state index < -0.39 is 0 Å². The molecule has 0 nitrogen and oxygen atoms in total. The fraction of sp³-hybridized carbons (Fsp3) is 0. The Morgan fingerprint density at radius 1 is 0.526 bits per heavy atom. The lowest BCUT2D eigenvalue weighted by Crippen LogP contribution is -1.82. The summed E-state index contributed by atoms with van der Waals surface area (Å²) < 4.78 is 13.8. The Balaban J connectivity index is 2.26. The van der Waals surface area contributed by atoms with Crippen LogP contribution < -0.4 is 0 Å². The van der Waals surface area contributed by atoms with Crippen molar-refractivity contribution in [1.82, 2.24) is 0 Å². The lowest BCUT2D eigenvalue weighted by atomic mass is 9.98. The largest absolute Gasteiger partial charge is 0.206 e. The molecule has 90 valence electrons. The van der Waals surface area contributed by atoms with Crippen LogP contribution in [-0.2, 0) is 0 Å². The second kappa shape index (κ2) is 3.79. The summed E-state index contributed by atoms with van der Waals surface area (Å²) in [6.07, 6.45) is 0. The number of benzene rings is 4. The summed E-state index contributed by atoms with van der Waals surface area (Å²) in [7, 11) is 0. The lowest BCUT2D eigenvalue weighted by Gasteiger charge is -2.06. The number of halogens is 1. The van der Waals surface area contributed by atoms with Crippen LogP contribution in [0.5, 0.6) is 0 Å². The molecule has 0 saturated carbocycles. The van der Waals surface area contributed by atoms with Gasteiger partial charge in [0.15, 0.2) is 0 Å². The zero-order valence-electron chi connectivity index (χ0n) is 10.2. The van der Waals surface area contributed by atoms with Crippen molar-refractivity contribution < 1.29 is 4.39 Å². The van der Waals surface area contributed by atoms with Crippen LogP contribution in [0.1, 0.15) is 0 Å². The zero-order valence-corrected chi connectivity index (χ0v) is 10.2. The van der Waals surface area contributed by atoms with E-state index in [4.69, 9.17) is 0 Å². The number of hydrogen-bond acceptors (Lipinski definition) is 0. The first-order chi connectivity index (χ1) is 9.33. The summed E-state index contributed by atoms with van der Waals surface area (Å²) in [5.41, 5.74) is 0. The topological polar surface area (TPSA) is 0 Å². The van der Waals surface area contributed by atoms with Crippen molar-refractivity contribution >= 4 is 32.3 Å². The lowest BCUT2D eigenvalue weighted by molar-refractivity contribution is 0.640. The van der Waals surface area contributed by atoms with E-state index in [2.05, 4.69) is 30.3 Å². The Hall–Kier alpha value is -2.41. The van der Waals surface area contributed by atoms with Crippen LogP contribution in [0.3, 0.4) is 0 Å². The van der Waals surface area contributed by atoms with Crippen molar-refractivity contribution in [3.63, 3.8) is 0 Å². The number of hydrogen-bond donors (Lipinski definition) is 0. The second-order valence-electron chi connectivity index (χ2n) is 4.82. The predicted octanol–water partition coefficient (Wildman–Crippen LogP) is 5.29. The van der Waals surface area contributed by atoms with Crippen molar-refractivity contribution in [3.8, 4) is 0 Å². The third-order valence-electron chi connectivity index (χ3n) is 3.69. The van der Waals surface area contributed by atoms with E-state index in [1.807, 2.05) is 24.3 Å². The molecule has 0 aromatic heterocycles. The smallest absolute Gasteiger partial charge is 0.131 e. The SMILES string of the molecule is Fc1cccc2cc3c(ccc4ccccc43)cc12. The molecule has 0 aliphatic carbocycles. The minimum absolute atomic E-state index is 0.160. The standard InChI is InChI=1S/C18H11F/c19-18-7-3-5-13-10-16-14(11-17(13)18)9-8-12-4-1-2-6-15(12)16/h1-11H. The van der Waals surface area contributed by atoms with E-state index in [9.17, 15) is 4.39 Å². The molecule has 0 radical (unpaired) electrons. The van der Waals surface area contributed by atoms with E-state index in [1.54, 1.807) is 6.07 Å². The van der Waals surface area contributed by atoms with Crippen molar-refractivity contribution in [2.75, 3.05) is 0 Å². The monoisotopic (exact) mass is 246 g/mol. The molecule has 0 amide bonds. The van der Waals surface area contributed by atoms with Gasteiger partial charge < -0.3 is 0 Å². The molecule has 4 aromatic rings. The highest BCUT2D eigenvalue weighted by Gasteiger charge is 2.05. The van der Waals surface area contributed by atoms with Gasteiger partial charge in [0.25, 0.3) is 0 Å². The number of rotatable bonds is 0. The first kappa shape index (κ1) is 10.5. The first-order valence-electron chi connectivity index (χ1n) is 6.33. The first-order valence-corrected chi connectivity index (χ1v) is 6.33. The highest BCUT2D eigenvalue weighted by atomic mass is 19.1. The molecule has 0 heterocycles. The van der Waals surface area contributed by atoms with Gasteiger partial charge in [-0.1, -0.05) is 48.5 Å². The van der Waals surface area contributed by atoms with Crippen LogP contribution in [0.2, 0.25) is 0 Å². The van der Waals surface area contributed by atoms with Gasteiger partial charge in [0, 0.05) is 5.39 Å². The van der Waals surface area contributed by atoms with Gasteiger partial charge in [0.2, 0.25) is 0 Å². The van der Waals surface area contributed by atoms with E-state index in [0.29, 0.717) is 5.39 Å². The highest BCUT2D eigenvalue weighted by molar-refractivity contribution is 6.12. The quantitative estimate of drug-likeness (QED) is 0.292.